The van der Waals surface area contributed by atoms with Gasteiger partial charge < -0.3 is 10.6 Å². The third-order valence-electron chi connectivity index (χ3n) is 3.61. The van der Waals surface area contributed by atoms with Crippen LogP contribution in [0.25, 0.3) is 0 Å². The van der Waals surface area contributed by atoms with Crippen LogP contribution in [0.3, 0.4) is 0 Å². The molecule has 0 aliphatic heterocycles. The molecule has 0 radical (unpaired) electrons. The van der Waals surface area contributed by atoms with Crippen molar-refractivity contribution < 1.29 is 0 Å². The Bertz CT molecular complexity index is 801. The van der Waals surface area contributed by atoms with Crippen molar-refractivity contribution in [2.45, 2.75) is 20.3 Å². The maximum atomic E-state index is 4.48. The van der Waals surface area contributed by atoms with Gasteiger partial charge in [-0.2, -0.15) is 10.1 Å². The number of para-hydroxylation sites is 2. The molecule has 23 heavy (non-hydrogen) atoms. The van der Waals surface area contributed by atoms with E-state index in [4.69, 9.17) is 0 Å². The summed E-state index contributed by atoms with van der Waals surface area (Å²) in [6.45, 7) is 4.17. The van der Waals surface area contributed by atoms with Gasteiger partial charge in [0.15, 0.2) is 5.82 Å². The molecule has 0 unspecified atom stereocenters. The van der Waals surface area contributed by atoms with Gasteiger partial charge in [0.05, 0.1) is 6.20 Å². The lowest BCUT2D eigenvalue weighted by Gasteiger charge is -2.11. The minimum atomic E-state index is 0.476. The van der Waals surface area contributed by atoms with E-state index in [2.05, 4.69) is 38.8 Å². The van der Waals surface area contributed by atoms with Crippen molar-refractivity contribution >= 4 is 23.1 Å². The SMILES string of the molecule is CCc1ccccc1Nc1nncc(Nc2ccccc2C)n1. The lowest BCUT2D eigenvalue weighted by atomic mass is 10.1. The van der Waals surface area contributed by atoms with E-state index in [1.54, 1.807) is 6.20 Å². The van der Waals surface area contributed by atoms with Gasteiger partial charge in [-0.1, -0.05) is 43.3 Å². The second-order valence-electron chi connectivity index (χ2n) is 5.24. The topological polar surface area (TPSA) is 62.7 Å². The van der Waals surface area contributed by atoms with Crippen molar-refractivity contribution in [3.63, 3.8) is 0 Å². The Morgan fingerprint density at radius 1 is 0.913 bits per heavy atom. The summed E-state index contributed by atoms with van der Waals surface area (Å²) in [5.41, 5.74) is 4.38. The van der Waals surface area contributed by atoms with Gasteiger partial charge in [-0.15, -0.1) is 5.10 Å². The zero-order chi connectivity index (χ0) is 16.1. The second kappa shape index (κ2) is 6.87. The normalized spacial score (nSPS) is 10.3. The lowest BCUT2D eigenvalue weighted by Crippen LogP contribution is -2.04. The van der Waals surface area contributed by atoms with Crippen LogP contribution in [0.1, 0.15) is 18.1 Å². The molecule has 0 atom stereocenters. The minimum absolute atomic E-state index is 0.476. The van der Waals surface area contributed by atoms with Crippen LogP contribution in [-0.2, 0) is 6.42 Å². The highest BCUT2D eigenvalue weighted by Gasteiger charge is 2.05. The van der Waals surface area contributed by atoms with Crippen LogP contribution in [0.5, 0.6) is 0 Å². The summed E-state index contributed by atoms with van der Waals surface area (Å²) in [6.07, 6.45) is 2.56. The first-order valence-electron chi connectivity index (χ1n) is 7.63. The molecule has 5 heteroatoms. The minimum Gasteiger partial charge on any atom is -0.339 e. The molecule has 5 nitrogen and oxygen atoms in total. The number of rotatable bonds is 5. The maximum Gasteiger partial charge on any atom is 0.249 e. The zero-order valence-corrected chi connectivity index (χ0v) is 13.2. The van der Waals surface area contributed by atoms with Gasteiger partial charge in [-0.3, -0.25) is 0 Å². The second-order valence-corrected chi connectivity index (χ2v) is 5.24. The molecule has 2 N–H and O–H groups in total. The third-order valence-corrected chi connectivity index (χ3v) is 3.61. The van der Waals surface area contributed by atoms with Crippen molar-refractivity contribution in [1.82, 2.24) is 15.2 Å². The van der Waals surface area contributed by atoms with Crippen LogP contribution < -0.4 is 10.6 Å². The van der Waals surface area contributed by atoms with E-state index in [1.165, 1.54) is 5.56 Å². The number of benzene rings is 2. The molecule has 0 aliphatic rings. The summed E-state index contributed by atoms with van der Waals surface area (Å²) < 4.78 is 0. The van der Waals surface area contributed by atoms with Crippen LogP contribution in [0.2, 0.25) is 0 Å². The van der Waals surface area contributed by atoms with Crippen molar-refractivity contribution in [2.24, 2.45) is 0 Å². The summed E-state index contributed by atoms with van der Waals surface area (Å²) in [7, 11) is 0. The first kappa shape index (κ1) is 15.0. The fourth-order valence-electron chi connectivity index (χ4n) is 2.34. The fourth-order valence-corrected chi connectivity index (χ4v) is 2.34. The standard InChI is InChI=1S/C18H19N5/c1-3-14-9-5-7-11-16(14)21-18-22-17(12-19-23-18)20-15-10-6-4-8-13(15)2/h4-12H,3H2,1-2H3,(H2,20,21,22,23). The number of nitrogens with zero attached hydrogens (tertiary/aromatic N) is 3. The average Bonchev–Trinajstić information content (AvgIpc) is 2.58. The Labute approximate surface area is 135 Å². The Morgan fingerprint density at radius 2 is 1.65 bits per heavy atom. The number of aryl methyl sites for hydroxylation is 2. The molecule has 3 aromatic rings. The first-order chi connectivity index (χ1) is 11.3. The highest BCUT2D eigenvalue weighted by atomic mass is 15.3. The lowest BCUT2D eigenvalue weighted by molar-refractivity contribution is 0.980. The fraction of sp³-hybridized carbons (Fsp3) is 0.167. The molecule has 1 aromatic heterocycles. The van der Waals surface area contributed by atoms with E-state index >= 15 is 0 Å². The molecule has 1 heterocycles. The van der Waals surface area contributed by atoms with E-state index in [0.29, 0.717) is 11.8 Å². The summed E-state index contributed by atoms with van der Waals surface area (Å²) >= 11 is 0. The van der Waals surface area contributed by atoms with Gasteiger partial charge in [-0.05, 0) is 36.6 Å². The van der Waals surface area contributed by atoms with E-state index in [1.807, 2.05) is 49.4 Å². The number of nitrogens with one attached hydrogen (secondary N) is 2. The Kier molecular flexibility index (Phi) is 4.47. The molecule has 116 valence electrons. The Balaban J connectivity index is 1.81. The van der Waals surface area contributed by atoms with Gasteiger partial charge in [0.1, 0.15) is 0 Å². The van der Waals surface area contributed by atoms with Crippen LogP contribution in [0.15, 0.2) is 54.7 Å². The number of anilines is 4. The van der Waals surface area contributed by atoms with E-state index in [0.717, 1.165) is 23.4 Å². The molecule has 0 fully saturated rings. The molecule has 2 aromatic carbocycles. The van der Waals surface area contributed by atoms with Gasteiger partial charge >= 0.3 is 0 Å². The van der Waals surface area contributed by atoms with Crippen LogP contribution in [0.4, 0.5) is 23.1 Å². The largest absolute Gasteiger partial charge is 0.339 e. The highest BCUT2D eigenvalue weighted by molar-refractivity contribution is 5.62. The molecule has 0 saturated heterocycles. The zero-order valence-electron chi connectivity index (χ0n) is 13.2. The van der Waals surface area contributed by atoms with E-state index in [9.17, 15) is 0 Å². The summed E-state index contributed by atoms with van der Waals surface area (Å²) in [5.74, 6) is 1.13. The third kappa shape index (κ3) is 3.63. The van der Waals surface area contributed by atoms with E-state index in [-0.39, 0.29) is 0 Å². The van der Waals surface area contributed by atoms with Crippen molar-refractivity contribution in [1.29, 1.82) is 0 Å². The van der Waals surface area contributed by atoms with Crippen LogP contribution in [-0.4, -0.2) is 15.2 Å². The number of hydrogen-bond acceptors (Lipinski definition) is 5. The molecule has 0 bridgehead atoms. The molecular weight excluding hydrogens is 286 g/mol. The quantitative estimate of drug-likeness (QED) is 0.738. The highest BCUT2D eigenvalue weighted by Crippen LogP contribution is 2.21. The van der Waals surface area contributed by atoms with Crippen molar-refractivity contribution in [3.8, 4) is 0 Å². The predicted octanol–water partition coefficient (Wildman–Crippen LogP) is 4.23. The Hall–Kier alpha value is -2.95. The van der Waals surface area contributed by atoms with Gasteiger partial charge in [0.25, 0.3) is 0 Å². The summed E-state index contributed by atoms with van der Waals surface area (Å²) in [5, 5.41) is 14.6. The Morgan fingerprint density at radius 3 is 2.43 bits per heavy atom. The average molecular weight is 305 g/mol. The van der Waals surface area contributed by atoms with Crippen LogP contribution >= 0.6 is 0 Å². The number of aromatic nitrogens is 3. The predicted molar refractivity (Wildman–Crippen MR) is 93.4 cm³/mol. The van der Waals surface area contributed by atoms with Crippen molar-refractivity contribution in [3.05, 3.63) is 65.9 Å². The molecule has 0 saturated carbocycles. The van der Waals surface area contributed by atoms with Crippen molar-refractivity contribution in [2.75, 3.05) is 10.6 Å². The smallest absolute Gasteiger partial charge is 0.249 e. The monoisotopic (exact) mass is 305 g/mol. The first-order valence-corrected chi connectivity index (χ1v) is 7.63. The van der Waals surface area contributed by atoms with Crippen LogP contribution in [0, 0.1) is 6.92 Å². The molecule has 0 spiro atoms. The maximum absolute atomic E-state index is 4.48. The van der Waals surface area contributed by atoms with Gasteiger partial charge in [0, 0.05) is 11.4 Å². The van der Waals surface area contributed by atoms with Gasteiger partial charge in [-0.25, -0.2) is 0 Å². The number of hydrogen-bond donors (Lipinski definition) is 2. The summed E-state index contributed by atoms with van der Waals surface area (Å²) in [4.78, 5) is 4.48. The molecular formula is C18H19N5. The molecule has 3 rings (SSSR count). The van der Waals surface area contributed by atoms with E-state index < -0.39 is 0 Å². The van der Waals surface area contributed by atoms with Gasteiger partial charge in [0.2, 0.25) is 5.95 Å². The molecule has 0 aliphatic carbocycles. The molecule has 0 amide bonds. The summed E-state index contributed by atoms with van der Waals surface area (Å²) in [6, 6.07) is 16.2.